The Bertz CT molecular complexity index is 722. The van der Waals surface area contributed by atoms with Gasteiger partial charge < -0.3 is 34.6 Å². The second kappa shape index (κ2) is 9.07. The van der Waals surface area contributed by atoms with Crippen molar-refractivity contribution in [1.29, 1.82) is 0 Å². The molecule has 7 atom stereocenters. The minimum Gasteiger partial charge on any atom is -0.454 e. The Hall–Kier alpha value is -1.55. The van der Waals surface area contributed by atoms with Crippen LogP contribution in [0.1, 0.15) is 40.0 Å². The largest absolute Gasteiger partial charge is 0.454 e. The molecular weight excluding hydrogens is 380 g/mol. The Morgan fingerprint density at radius 3 is 2.52 bits per heavy atom. The molecule has 0 aromatic heterocycles. The summed E-state index contributed by atoms with van der Waals surface area (Å²) in [6.45, 7) is 5.12. The third kappa shape index (κ3) is 4.63. The first-order chi connectivity index (χ1) is 13.7. The number of hydrogen-bond acceptors (Lipinski definition) is 8. The predicted molar refractivity (Wildman–Crippen MR) is 103 cm³/mol. The number of ether oxygens (including phenoxy) is 3. The normalized spacial score (nSPS) is 42.4. The first-order valence-electron chi connectivity index (χ1n) is 9.91. The van der Waals surface area contributed by atoms with Crippen LogP contribution in [-0.4, -0.2) is 75.9 Å². The number of fused-ring (bicyclic) bond motifs is 1. The van der Waals surface area contributed by atoms with Crippen LogP contribution in [0, 0.1) is 0 Å². The van der Waals surface area contributed by atoms with Crippen molar-refractivity contribution in [2.75, 3.05) is 6.61 Å². The van der Waals surface area contributed by atoms with Gasteiger partial charge in [-0.15, -0.1) is 0 Å². The van der Waals surface area contributed by atoms with Crippen LogP contribution in [0.15, 0.2) is 34.4 Å². The Labute approximate surface area is 170 Å². The number of esters is 1. The maximum Gasteiger partial charge on any atom is 0.334 e. The number of carbonyl (C=O) groups is 1. The molecular formula is C21H30O8. The molecule has 0 spiro atoms. The lowest BCUT2D eigenvalue weighted by molar-refractivity contribution is -0.308. The summed E-state index contributed by atoms with van der Waals surface area (Å²) in [4.78, 5) is 12.0. The van der Waals surface area contributed by atoms with Gasteiger partial charge in [0.2, 0.25) is 0 Å². The van der Waals surface area contributed by atoms with E-state index in [-0.39, 0.29) is 12.1 Å². The maximum absolute atomic E-state index is 12.0. The van der Waals surface area contributed by atoms with E-state index in [0.717, 1.165) is 16.7 Å². The molecule has 3 aliphatic rings. The van der Waals surface area contributed by atoms with Gasteiger partial charge in [-0.25, -0.2) is 4.79 Å². The molecule has 0 bridgehead atoms. The van der Waals surface area contributed by atoms with E-state index in [0.29, 0.717) is 24.8 Å². The van der Waals surface area contributed by atoms with Gasteiger partial charge in [0.25, 0.3) is 0 Å². The molecule has 2 heterocycles. The molecule has 0 aromatic carbocycles. The molecule has 7 unspecified atom stereocenters. The highest BCUT2D eigenvalue weighted by atomic mass is 16.7. The van der Waals surface area contributed by atoms with Gasteiger partial charge in [0.05, 0.1) is 12.7 Å². The molecule has 29 heavy (non-hydrogen) atoms. The molecule has 0 radical (unpaired) electrons. The zero-order valence-electron chi connectivity index (χ0n) is 16.9. The summed E-state index contributed by atoms with van der Waals surface area (Å²) in [6.07, 6.45) is -1.63. The Morgan fingerprint density at radius 2 is 1.83 bits per heavy atom. The summed E-state index contributed by atoms with van der Waals surface area (Å²) in [5.74, 6) is -0.280. The smallest absolute Gasteiger partial charge is 0.334 e. The lowest BCUT2D eigenvalue weighted by Gasteiger charge is -2.41. The molecule has 0 saturated carbocycles. The van der Waals surface area contributed by atoms with Gasteiger partial charge in [-0.05, 0) is 44.8 Å². The minimum atomic E-state index is -1.48. The fourth-order valence-electron chi connectivity index (χ4n) is 3.89. The maximum atomic E-state index is 12.0. The van der Waals surface area contributed by atoms with Crippen LogP contribution < -0.4 is 0 Å². The lowest BCUT2D eigenvalue weighted by atomic mass is 9.93. The van der Waals surface area contributed by atoms with Crippen LogP contribution in [0.25, 0.3) is 0 Å². The highest BCUT2D eigenvalue weighted by Gasteiger charge is 2.45. The van der Waals surface area contributed by atoms with Crippen LogP contribution in [0.3, 0.4) is 0 Å². The van der Waals surface area contributed by atoms with Crippen LogP contribution in [0.5, 0.6) is 0 Å². The molecule has 8 heteroatoms. The summed E-state index contributed by atoms with van der Waals surface area (Å²) < 4.78 is 16.9. The molecule has 8 nitrogen and oxygen atoms in total. The Morgan fingerprint density at radius 1 is 1.10 bits per heavy atom. The lowest BCUT2D eigenvalue weighted by Crippen LogP contribution is -2.59. The van der Waals surface area contributed by atoms with E-state index < -0.39 is 43.4 Å². The zero-order valence-corrected chi connectivity index (χ0v) is 16.9. The standard InChI is InChI=1S/C21H30O8/c1-10-4-7-14(28-21-19(25)18(24)17(23)16(9-22)29-21)11(2)5-6-13-12(3)20(26)27-15(13)8-10/h4-5,14-19,21-25H,6-9H2,1-3H3/b10-4+,11-5+. The third-order valence-electron chi connectivity index (χ3n) is 5.91. The number of aliphatic hydroxyl groups excluding tert-OH is 4. The van der Waals surface area contributed by atoms with Gasteiger partial charge >= 0.3 is 5.97 Å². The fourth-order valence-corrected chi connectivity index (χ4v) is 3.89. The highest BCUT2D eigenvalue weighted by Crippen LogP contribution is 2.33. The monoisotopic (exact) mass is 410 g/mol. The van der Waals surface area contributed by atoms with Crippen LogP contribution >= 0.6 is 0 Å². The van der Waals surface area contributed by atoms with E-state index in [2.05, 4.69) is 0 Å². The summed E-state index contributed by atoms with van der Waals surface area (Å²) >= 11 is 0. The number of allylic oxidation sites excluding steroid dienone is 1. The molecule has 0 amide bonds. The van der Waals surface area contributed by atoms with E-state index in [1.165, 1.54) is 0 Å². The summed E-state index contributed by atoms with van der Waals surface area (Å²) in [7, 11) is 0. The number of rotatable bonds is 3. The molecule has 3 rings (SSSR count). The van der Waals surface area contributed by atoms with Crippen molar-refractivity contribution >= 4 is 5.97 Å². The van der Waals surface area contributed by atoms with Crippen LogP contribution in [-0.2, 0) is 19.0 Å². The van der Waals surface area contributed by atoms with Gasteiger partial charge in [0.1, 0.15) is 30.5 Å². The molecule has 2 aliphatic heterocycles. The summed E-state index contributed by atoms with van der Waals surface area (Å²) in [5.41, 5.74) is 3.52. The molecule has 1 aliphatic carbocycles. The second-order valence-corrected chi connectivity index (χ2v) is 8.01. The number of hydrogen-bond donors (Lipinski definition) is 4. The Kier molecular flexibility index (Phi) is 6.93. The molecule has 4 N–H and O–H groups in total. The van der Waals surface area contributed by atoms with Crippen LogP contribution in [0.2, 0.25) is 0 Å². The topological polar surface area (TPSA) is 126 Å². The van der Waals surface area contributed by atoms with E-state index in [1.807, 2.05) is 26.0 Å². The second-order valence-electron chi connectivity index (χ2n) is 8.01. The number of carbonyl (C=O) groups excluding carboxylic acids is 1. The zero-order chi connectivity index (χ0) is 21.3. The fraction of sp³-hybridized carbons (Fsp3) is 0.667. The molecule has 0 aromatic rings. The van der Waals surface area contributed by atoms with Gasteiger partial charge in [-0.3, -0.25) is 0 Å². The van der Waals surface area contributed by atoms with Gasteiger partial charge in [0.15, 0.2) is 6.29 Å². The average Bonchev–Trinajstić information content (AvgIpc) is 2.95. The highest BCUT2D eigenvalue weighted by molar-refractivity contribution is 5.91. The number of aliphatic hydroxyl groups is 4. The van der Waals surface area contributed by atoms with Crippen LogP contribution in [0.4, 0.5) is 0 Å². The van der Waals surface area contributed by atoms with Crippen molar-refractivity contribution in [3.05, 3.63) is 34.4 Å². The van der Waals surface area contributed by atoms with Gasteiger partial charge in [0, 0.05) is 12.0 Å². The predicted octanol–water partition coefficient (Wildman–Crippen LogP) is 0.490. The van der Waals surface area contributed by atoms with Crippen molar-refractivity contribution in [2.45, 2.75) is 82.9 Å². The van der Waals surface area contributed by atoms with Crippen molar-refractivity contribution in [1.82, 2.24) is 0 Å². The van der Waals surface area contributed by atoms with E-state index in [9.17, 15) is 25.2 Å². The summed E-state index contributed by atoms with van der Waals surface area (Å²) in [5, 5.41) is 39.6. The Balaban J connectivity index is 1.81. The third-order valence-corrected chi connectivity index (χ3v) is 5.91. The quantitative estimate of drug-likeness (QED) is 0.391. The van der Waals surface area contributed by atoms with E-state index in [1.54, 1.807) is 6.92 Å². The first kappa shape index (κ1) is 22.1. The minimum absolute atomic E-state index is 0.245. The first-order valence-corrected chi connectivity index (χ1v) is 9.91. The average molecular weight is 410 g/mol. The van der Waals surface area contributed by atoms with Crippen molar-refractivity contribution < 1.29 is 39.4 Å². The van der Waals surface area contributed by atoms with Gasteiger partial charge in [-0.2, -0.15) is 0 Å². The molecule has 1 saturated heterocycles. The molecule has 162 valence electrons. The summed E-state index contributed by atoms with van der Waals surface area (Å²) in [6, 6.07) is 0. The van der Waals surface area contributed by atoms with Gasteiger partial charge in [-0.1, -0.05) is 17.7 Å². The van der Waals surface area contributed by atoms with E-state index in [4.69, 9.17) is 14.2 Å². The van der Waals surface area contributed by atoms with Crippen molar-refractivity contribution in [3.63, 3.8) is 0 Å². The molecule has 1 fully saturated rings. The van der Waals surface area contributed by atoms with Crippen molar-refractivity contribution in [2.24, 2.45) is 0 Å². The SMILES string of the molecule is CC1=C2C/C=C(\C)C(OC3OC(CO)C(O)C(O)C3O)C/C=C(\C)CC2OC1=O. The van der Waals surface area contributed by atoms with Crippen molar-refractivity contribution in [3.8, 4) is 0 Å². The van der Waals surface area contributed by atoms with E-state index >= 15 is 0 Å².